The lowest BCUT2D eigenvalue weighted by Crippen LogP contribution is -2.12. The van der Waals surface area contributed by atoms with Crippen molar-refractivity contribution in [2.75, 3.05) is 11.1 Å². The van der Waals surface area contributed by atoms with Crippen LogP contribution in [0.1, 0.15) is 29.3 Å². The summed E-state index contributed by atoms with van der Waals surface area (Å²) < 4.78 is 0. The predicted octanol–water partition coefficient (Wildman–Crippen LogP) is 2.50. The summed E-state index contributed by atoms with van der Waals surface area (Å²) in [5.41, 5.74) is 1.86. The maximum Gasteiger partial charge on any atom is 0.296 e. The van der Waals surface area contributed by atoms with Crippen LogP contribution in [0.5, 0.6) is 0 Å². The van der Waals surface area contributed by atoms with Crippen molar-refractivity contribution in [1.29, 1.82) is 0 Å². The molecule has 1 amide bonds. The van der Waals surface area contributed by atoms with E-state index >= 15 is 0 Å². The number of Topliss-reactive ketones (excluding diaryl/α,β-unsaturated/α-hetero) is 1. The Hall–Kier alpha value is -1.88. The molecule has 1 aliphatic rings. The van der Waals surface area contributed by atoms with E-state index in [0.717, 1.165) is 17.7 Å². The fourth-order valence-electron chi connectivity index (χ4n) is 1.75. The Kier molecular flexibility index (Phi) is 4.16. The number of nitrogens with one attached hydrogen (secondary N) is 1. The summed E-state index contributed by atoms with van der Waals surface area (Å²) in [4.78, 5) is 33.4. The van der Waals surface area contributed by atoms with Crippen molar-refractivity contribution < 1.29 is 14.4 Å². The summed E-state index contributed by atoms with van der Waals surface area (Å²) >= 11 is 1.29. The molecule has 1 N–H and O–H groups in total. The van der Waals surface area contributed by atoms with Gasteiger partial charge in [-0.2, -0.15) is 0 Å². The maximum atomic E-state index is 11.5. The number of rotatable bonds is 4. The average Bonchev–Trinajstić information content (AvgIpc) is 2.65. The van der Waals surface area contributed by atoms with Crippen LogP contribution >= 0.6 is 11.8 Å². The number of carbonyl (C=O) groups excluding carboxylic acids is 3. The van der Waals surface area contributed by atoms with Crippen LogP contribution in [-0.2, 0) is 9.59 Å². The number of benzene rings is 1. The van der Waals surface area contributed by atoms with Crippen LogP contribution in [0.25, 0.3) is 6.08 Å². The van der Waals surface area contributed by atoms with Gasteiger partial charge >= 0.3 is 0 Å². The van der Waals surface area contributed by atoms with Crippen molar-refractivity contribution in [2.24, 2.45) is 0 Å². The smallest absolute Gasteiger partial charge is 0.296 e. The summed E-state index contributed by atoms with van der Waals surface area (Å²) in [6.07, 6.45) is 4.62. The van der Waals surface area contributed by atoms with Crippen molar-refractivity contribution >= 4 is 40.3 Å². The van der Waals surface area contributed by atoms with Gasteiger partial charge in [-0.25, -0.2) is 0 Å². The number of carbonyl (C=O) groups is 3. The minimum Gasteiger partial charge on any atom is -0.318 e. The summed E-state index contributed by atoms with van der Waals surface area (Å²) in [6.45, 7) is 1.55. The molecule has 2 rings (SSSR count). The molecule has 1 aromatic rings. The number of ketones is 1. The molecule has 1 heterocycles. The van der Waals surface area contributed by atoms with E-state index < -0.39 is 11.7 Å². The van der Waals surface area contributed by atoms with E-state index in [1.54, 1.807) is 19.1 Å². The third kappa shape index (κ3) is 3.32. The van der Waals surface area contributed by atoms with Crippen molar-refractivity contribution in [2.45, 2.75) is 13.3 Å². The van der Waals surface area contributed by atoms with Crippen LogP contribution in [0.4, 0.5) is 5.69 Å². The van der Waals surface area contributed by atoms with Crippen molar-refractivity contribution in [3.8, 4) is 0 Å². The van der Waals surface area contributed by atoms with Crippen molar-refractivity contribution in [3.05, 3.63) is 35.4 Å². The molecule has 0 spiro atoms. The topological polar surface area (TPSA) is 63.2 Å². The summed E-state index contributed by atoms with van der Waals surface area (Å²) in [5.74, 6) is -0.318. The van der Waals surface area contributed by atoms with Gasteiger partial charge < -0.3 is 5.32 Å². The van der Waals surface area contributed by atoms with Gasteiger partial charge in [0.1, 0.15) is 0 Å². The van der Waals surface area contributed by atoms with Gasteiger partial charge in [-0.15, -0.1) is 0 Å². The van der Waals surface area contributed by atoms with E-state index in [4.69, 9.17) is 0 Å². The number of fused-ring (bicyclic) bond motifs is 1. The largest absolute Gasteiger partial charge is 0.318 e. The molecule has 1 aromatic carbocycles. The molecule has 19 heavy (non-hydrogen) atoms. The molecule has 0 aliphatic carbocycles. The predicted molar refractivity (Wildman–Crippen MR) is 76.2 cm³/mol. The lowest BCUT2D eigenvalue weighted by Gasteiger charge is -1.98. The molecule has 4 nitrogen and oxygen atoms in total. The lowest BCUT2D eigenvalue weighted by atomic mass is 10.1. The van der Waals surface area contributed by atoms with Gasteiger partial charge in [0.25, 0.3) is 11.7 Å². The zero-order valence-electron chi connectivity index (χ0n) is 10.4. The molecular formula is C14H13NO3S. The first-order valence-corrected chi connectivity index (χ1v) is 6.86. The highest BCUT2D eigenvalue weighted by molar-refractivity contribution is 8.13. The Morgan fingerprint density at radius 1 is 1.37 bits per heavy atom. The second-order valence-electron chi connectivity index (χ2n) is 4.12. The Morgan fingerprint density at radius 3 is 2.89 bits per heavy atom. The fourth-order valence-corrected chi connectivity index (χ4v) is 2.30. The molecule has 0 saturated heterocycles. The maximum absolute atomic E-state index is 11.5. The molecule has 0 aromatic heterocycles. The van der Waals surface area contributed by atoms with Gasteiger partial charge in [-0.05, 0) is 24.1 Å². The molecular weight excluding hydrogens is 262 g/mol. The van der Waals surface area contributed by atoms with E-state index in [1.165, 1.54) is 11.8 Å². The van der Waals surface area contributed by atoms with Crippen LogP contribution in [0.15, 0.2) is 24.3 Å². The van der Waals surface area contributed by atoms with E-state index in [9.17, 15) is 14.4 Å². The molecule has 98 valence electrons. The van der Waals surface area contributed by atoms with Crippen LogP contribution in [0.2, 0.25) is 0 Å². The Morgan fingerprint density at radius 2 is 2.16 bits per heavy atom. The second-order valence-corrected chi connectivity index (χ2v) is 5.39. The first-order valence-electron chi connectivity index (χ1n) is 5.87. The monoisotopic (exact) mass is 275 g/mol. The van der Waals surface area contributed by atoms with E-state index in [-0.39, 0.29) is 5.12 Å². The number of amides is 1. The SMILES string of the molecule is CC(=O)SCCC=Cc1ccc2c(c1)C(=O)C(=O)N2. The molecule has 0 bridgehead atoms. The molecule has 0 atom stereocenters. The van der Waals surface area contributed by atoms with Crippen LogP contribution in [0.3, 0.4) is 0 Å². The summed E-state index contributed by atoms with van der Waals surface area (Å²) in [7, 11) is 0. The Balaban J connectivity index is 2.00. The number of hydrogen-bond donors (Lipinski definition) is 1. The number of anilines is 1. The second kappa shape index (κ2) is 5.84. The highest BCUT2D eigenvalue weighted by Gasteiger charge is 2.27. The normalized spacial score (nSPS) is 13.7. The van der Waals surface area contributed by atoms with E-state index in [1.807, 2.05) is 18.2 Å². The van der Waals surface area contributed by atoms with Gasteiger partial charge in [0, 0.05) is 12.7 Å². The average molecular weight is 275 g/mol. The highest BCUT2D eigenvalue weighted by atomic mass is 32.2. The third-order valence-corrected chi connectivity index (χ3v) is 3.49. The zero-order chi connectivity index (χ0) is 13.8. The molecule has 1 aliphatic heterocycles. The van der Waals surface area contributed by atoms with Crippen molar-refractivity contribution in [3.63, 3.8) is 0 Å². The first-order chi connectivity index (χ1) is 9.08. The Labute approximate surface area is 115 Å². The van der Waals surface area contributed by atoms with Gasteiger partial charge in [-0.3, -0.25) is 14.4 Å². The molecule has 5 heteroatoms. The third-order valence-electron chi connectivity index (χ3n) is 2.64. The van der Waals surface area contributed by atoms with Gasteiger partial charge in [0.2, 0.25) is 0 Å². The molecule has 0 radical (unpaired) electrons. The van der Waals surface area contributed by atoms with E-state index in [2.05, 4.69) is 5.32 Å². The summed E-state index contributed by atoms with van der Waals surface area (Å²) in [5, 5.41) is 2.62. The zero-order valence-corrected chi connectivity index (χ0v) is 11.3. The summed E-state index contributed by atoms with van der Waals surface area (Å²) in [6, 6.07) is 5.26. The number of allylic oxidation sites excluding steroid dienone is 1. The van der Waals surface area contributed by atoms with E-state index in [0.29, 0.717) is 11.3 Å². The van der Waals surface area contributed by atoms with Gasteiger partial charge in [0.05, 0.1) is 11.3 Å². The lowest BCUT2D eigenvalue weighted by molar-refractivity contribution is -0.112. The Bertz CT molecular complexity index is 578. The standard InChI is InChI=1S/C14H13NO3S/c1-9(16)19-7-3-2-4-10-5-6-12-11(8-10)13(17)14(18)15-12/h2,4-6,8H,3,7H2,1H3,(H,15,17,18). The minimum absolute atomic E-state index is 0.112. The number of thioether (sulfide) groups is 1. The number of hydrogen-bond acceptors (Lipinski definition) is 4. The van der Waals surface area contributed by atoms with Crippen LogP contribution < -0.4 is 5.32 Å². The van der Waals surface area contributed by atoms with Gasteiger partial charge in [0.15, 0.2) is 5.12 Å². The van der Waals surface area contributed by atoms with Crippen LogP contribution in [0, 0.1) is 0 Å². The minimum atomic E-state index is -0.575. The highest BCUT2D eigenvalue weighted by Crippen LogP contribution is 2.24. The molecule has 0 unspecified atom stereocenters. The van der Waals surface area contributed by atoms with Gasteiger partial charge in [-0.1, -0.05) is 30.0 Å². The fraction of sp³-hybridized carbons (Fsp3) is 0.214. The van der Waals surface area contributed by atoms with Crippen molar-refractivity contribution in [1.82, 2.24) is 0 Å². The van der Waals surface area contributed by atoms with Crippen LogP contribution in [-0.4, -0.2) is 22.6 Å². The first kappa shape index (κ1) is 13.5. The molecule has 0 saturated carbocycles. The molecule has 0 fully saturated rings. The quantitative estimate of drug-likeness (QED) is 0.677.